The van der Waals surface area contributed by atoms with Crippen molar-refractivity contribution < 1.29 is 0 Å². The summed E-state index contributed by atoms with van der Waals surface area (Å²) < 4.78 is 0. The molecular formula is C14H18Si. The molecule has 0 aliphatic rings. The number of allylic oxidation sites excluding steroid dienone is 2. The molecule has 0 atom stereocenters. The molecule has 0 saturated carbocycles. The third-order valence-electron chi connectivity index (χ3n) is 1.95. The first kappa shape index (κ1) is 11.8. The summed E-state index contributed by atoms with van der Waals surface area (Å²) in [5.41, 5.74) is 5.74. The number of rotatable bonds is 1. The topological polar surface area (TPSA) is 0 Å². The molecule has 1 rings (SSSR count). The van der Waals surface area contributed by atoms with Crippen molar-refractivity contribution in [3.8, 4) is 11.5 Å². The summed E-state index contributed by atoms with van der Waals surface area (Å²) in [5.74, 6) is 3.30. The van der Waals surface area contributed by atoms with Crippen LogP contribution in [0.15, 0.2) is 36.4 Å². The summed E-state index contributed by atoms with van der Waals surface area (Å²) in [7, 11) is -1.27. The average Bonchev–Trinajstić information content (AvgIpc) is 2.19. The predicted molar refractivity (Wildman–Crippen MR) is 71.2 cm³/mol. The van der Waals surface area contributed by atoms with E-state index >= 15 is 0 Å². The number of benzene rings is 1. The Balaban J connectivity index is 2.97. The first-order valence-corrected chi connectivity index (χ1v) is 8.78. The van der Waals surface area contributed by atoms with E-state index in [0.717, 1.165) is 5.57 Å². The molecule has 15 heavy (non-hydrogen) atoms. The largest absolute Gasteiger partial charge is 0.129 e. The van der Waals surface area contributed by atoms with Crippen molar-refractivity contribution in [1.82, 2.24) is 0 Å². The first-order chi connectivity index (χ1) is 7.03. The maximum absolute atomic E-state index is 3.39. The maximum atomic E-state index is 3.39. The van der Waals surface area contributed by atoms with Crippen LogP contribution in [0.3, 0.4) is 0 Å². The van der Waals surface area contributed by atoms with Gasteiger partial charge in [0.25, 0.3) is 0 Å². The van der Waals surface area contributed by atoms with Gasteiger partial charge in [0.05, 0.1) is 0 Å². The SMILES string of the molecule is C/C=C(/C#C[Si](C)(C)C)c1ccccc1. The fourth-order valence-electron chi connectivity index (χ4n) is 1.18. The van der Waals surface area contributed by atoms with Gasteiger partial charge in [-0.25, -0.2) is 0 Å². The fraction of sp³-hybridized carbons (Fsp3) is 0.286. The van der Waals surface area contributed by atoms with Crippen LogP contribution in [0.2, 0.25) is 19.6 Å². The van der Waals surface area contributed by atoms with Gasteiger partial charge in [0.15, 0.2) is 0 Å². The van der Waals surface area contributed by atoms with Crippen LogP contribution in [0.5, 0.6) is 0 Å². The molecule has 0 heterocycles. The Morgan fingerprint density at radius 2 is 1.73 bits per heavy atom. The lowest BCUT2D eigenvalue weighted by molar-refractivity contribution is 1.61. The molecule has 1 aromatic carbocycles. The quantitative estimate of drug-likeness (QED) is 0.490. The Labute approximate surface area is 94.0 Å². The summed E-state index contributed by atoms with van der Waals surface area (Å²) >= 11 is 0. The summed E-state index contributed by atoms with van der Waals surface area (Å²) in [6.45, 7) is 8.83. The molecule has 0 fully saturated rings. The molecule has 0 N–H and O–H groups in total. The molecule has 0 aromatic heterocycles. The van der Waals surface area contributed by atoms with Gasteiger partial charge >= 0.3 is 0 Å². The van der Waals surface area contributed by atoms with Crippen LogP contribution in [0.25, 0.3) is 5.57 Å². The van der Waals surface area contributed by atoms with Crippen molar-refractivity contribution in [2.24, 2.45) is 0 Å². The van der Waals surface area contributed by atoms with Gasteiger partial charge in [-0.1, -0.05) is 62.0 Å². The van der Waals surface area contributed by atoms with Crippen LogP contribution in [0.4, 0.5) is 0 Å². The van der Waals surface area contributed by atoms with Crippen molar-refractivity contribution in [1.29, 1.82) is 0 Å². The lowest BCUT2D eigenvalue weighted by Gasteiger charge is -2.04. The predicted octanol–water partition coefficient (Wildman–Crippen LogP) is 3.97. The Kier molecular flexibility index (Phi) is 3.93. The van der Waals surface area contributed by atoms with Crippen molar-refractivity contribution in [3.05, 3.63) is 42.0 Å². The summed E-state index contributed by atoms with van der Waals surface area (Å²) in [6, 6.07) is 10.3. The smallest absolute Gasteiger partial charge is 0.127 e. The standard InChI is InChI=1S/C14H18Si/c1-5-13(11-12-15(2,3)4)14-9-7-6-8-10-14/h5-10H,1-4H3/b13-5-. The van der Waals surface area contributed by atoms with Gasteiger partial charge in [0, 0.05) is 5.57 Å². The number of hydrogen-bond acceptors (Lipinski definition) is 0. The highest BCUT2D eigenvalue weighted by Crippen LogP contribution is 2.12. The maximum Gasteiger partial charge on any atom is 0.129 e. The molecule has 0 aliphatic heterocycles. The molecule has 0 bridgehead atoms. The second kappa shape index (κ2) is 5.00. The van der Waals surface area contributed by atoms with E-state index in [0.29, 0.717) is 0 Å². The van der Waals surface area contributed by atoms with Crippen LogP contribution in [0, 0.1) is 11.5 Å². The Morgan fingerprint density at radius 1 is 1.13 bits per heavy atom. The monoisotopic (exact) mass is 214 g/mol. The van der Waals surface area contributed by atoms with Gasteiger partial charge in [-0.3, -0.25) is 0 Å². The molecule has 1 aromatic rings. The van der Waals surface area contributed by atoms with E-state index in [4.69, 9.17) is 0 Å². The van der Waals surface area contributed by atoms with E-state index < -0.39 is 8.07 Å². The molecule has 0 spiro atoms. The van der Waals surface area contributed by atoms with E-state index in [1.165, 1.54) is 5.56 Å². The van der Waals surface area contributed by atoms with Crippen molar-refractivity contribution in [3.63, 3.8) is 0 Å². The minimum atomic E-state index is -1.27. The molecule has 0 radical (unpaired) electrons. The van der Waals surface area contributed by atoms with E-state index in [9.17, 15) is 0 Å². The van der Waals surface area contributed by atoms with Gasteiger partial charge in [-0.15, -0.1) is 5.54 Å². The highest BCUT2D eigenvalue weighted by atomic mass is 28.3. The van der Waals surface area contributed by atoms with E-state index in [1.54, 1.807) is 0 Å². The Hall–Kier alpha value is -1.26. The lowest BCUT2D eigenvalue weighted by atomic mass is 10.1. The molecule has 0 amide bonds. The van der Waals surface area contributed by atoms with Crippen LogP contribution in [0.1, 0.15) is 12.5 Å². The Bertz CT molecular complexity index is 396. The molecule has 1 heteroatoms. The average molecular weight is 214 g/mol. The highest BCUT2D eigenvalue weighted by Gasteiger charge is 2.07. The highest BCUT2D eigenvalue weighted by molar-refractivity contribution is 6.84. The fourth-order valence-corrected chi connectivity index (χ4v) is 1.69. The van der Waals surface area contributed by atoms with Gasteiger partial charge < -0.3 is 0 Å². The molecular weight excluding hydrogens is 196 g/mol. The summed E-state index contributed by atoms with van der Waals surface area (Å²) in [4.78, 5) is 0. The van der Waals surface area contributed by atoms with Crippen LogP contribution >= 0.6 is 0 Å². The van der Waals surface area contributed by atoms with Gasteiger partial charge in [0.1, 0.15) is 8.07 Å². The minimum Gasteiger partial charge on any atom is -0.127 e. The molecule has 0 nitrogen and oxygen atoms in total. The van der Waals surface area contributed by atoms with E-state index in [1.807, 2.05) is 13.0 Å². The Morgan fingerprint density at radius 3 is 2.20 bits per heavy atom. The van der Waals surface area contributed by atoms with Gasteiger partial charge in [0.2, 0.25) is 0 Å². The zero-order valence-corrected chi connectivity index (χ0v) is 11.0. The summed E-state index contributed by atoms with van der Waals surface area (Å²) in [5, 5.41) is 0. The van der Waals surface area contributed by atoms with E-state index in [2.05, 4.69) is 61.4 Å². The zero-order chi connectivity index (χ0) is 11.3. The zero-order valence-electron chi connectivity index (χ0n) is 9.96. The summed E-state index contributed by atoms with van der Waals surface area (Å²) in [6.07, 6.45) is 2.09. The van der Waals surface area contributed by atoms with Crippen molar-refractivity contribution >= 4 is 13.6 Å². The third kappa shape index (κ3) is 4.18. The van der Waals surface area contributed by atoms with Crippen LogP contribution < -0.4 is 0 Å². The van der Waals surface area contributed by atoms with Gasteiger partial charge in [-0.2, -0.15) is 0 Å². The van der Waals surface area contributed by atoms with Crippen LogP contribution in [-0.4, -0.2) is 8.07 Å². The van der Waals surface area contributed by atoms with Crippen molar-refractivity contribution in [2.75, 3.05) is 0 Å². The third-order valence-corrected chi connectivity index (χ3v) is 2.82. The lowest BCUT2D eigenvalue weighted by Crippen LogP contribution is -2.16. The van der Waals surface area contributed by atoms with Crippen molar-refractivity contribution in [2.45, 2.75) is 26.6 Å². The second-order valence-corrected chi connectivity index (χ2v) is 9.32. The molecule has 0 unspecified atom stereocenters. The first-order valence-electron chi connectivity index (χ1n) is 5.28. The molecule has 78 valence electrons. The van der Waals surface area contributed by atoms with E-state index in [-0.39, 0.29) is 0 Å². The van der Waals surface area contributed by atoms with Crippen LogP contribution in [-0.2, 0) is 0 Å². The second-order valence-electron chi connectivity index (χ2n) is 4.57. The molecule has 0 saturated heterocycles. The normalized spacial score (nSPS) is 11.9. The number of hydrogen-bond donors (Lipinski definition) is 0. The molecule has 0 aliphatic carbocycles. The van der Waals surface area contributed by atoms with Gasteiger partial charge in [-0.05, 0) is 12.5 Å². The minimum absolute atomic E-state index is 1.14.